The molecule has 0 radical (unpaired) electrons. The SMILES string of the molecule is Cc1nn(C)c(CNc2cccc(OC(F)(F)F)c2)c1Cl. The Morgan fingerprint density at radius 1 is 1.38 bits per heavy atom. The minimum Gasteiger partial charge on any atom is -0.406 e. The Morgan fingerprint density at radius 3 is 2.67 bits per heavy atom. The number of aromatic nitrogens is 2. The molecule has 2 rings (SSSR count). The summed E-state index contributed by atoms with van der Waals surface area (Å²) in [7, 11) is 1.75. The van der Waals surface area contributed by atoms with Crippen LogP contribution in [0.5, 0.6) is 5.75 Å². The Bertz CT molecular complexity index is 640. The predicted octanol–water partition coefficient (Wildman–Crippen LogP) is 3.89. The number of rotatable bonds is 4. The number of anilines is 1. The van der Waals surface area contributed by atoms with Gasteiger partial charge in [0.05, 0.1) is 23.0 Å². The second kappa shape index (κ2) is 5.85. The van der Waals surface area contributed by atoms with Gasteiger partial charge in [-0.3, -0.25) is 4.68 Å². The van der Waals surface area contributed by atoms with Gasteiger partial charge in [-0.2, -0.15) is 5.10 Å². The van der Waals surface area contributed by atoms with Crippen molar-refractivity contribution in [1.82, 2.24) is 9.78 Å². The smallest absolute Gasteiger partial charge is 0.406 e. The lowest BCUT2D eigenvalue weighted by molar-refractivity contribution is -0.274. The maximum atomic E-state index is 12.2. The maximum Gasteiger partial charge on any atom is 0.573 e. The van der Waals surface area contributed by atoms with Gasteiger partial charge in [0.15, 0.2) is 0 Å². The summed E-state index contributed by atoms with van der Waals surface area (Å²) in [6, 6.07) is 5.62. The average Bonchev–Trinajstić information content (AvgIpc) is 2.60. The molecule has 0 amide bonds. The fourth-order valence-corrected chi connectivity index (χ4v) is 2.09. The van der Waals surface area contributed by atoms with Crippen molar-refractivity contribution in [1.29, 1.82) is 0 Å². The zero-order chi connectivity index (χ0) is 15.6. The number of hydrogen-bond acceptors (Lipinski definition) is 3. The molecule has 1 N–H and O–H groups in total. The van der Waals surface area contributed by atoms with E-state index < -0.39 is 6.36 Å². The van der Waals surface area contributed by atoms with Crippen LogP contribution in [0.4, 0.5) is 18.9 Å². The van der Waals surface area contributed by atoms with Crippen molar-refractivity contribution in [2.75, 3.05) is 5.32 Å². The lowest BCUT2D eigenvalue weighted by Crippen LogP contribution is -2.17. The van der Waals surface area contributed by atoms with E-state index in [4.69, 9.17) is 11.6 Å². The van der Waals surface area contributed by atoms with Crippen molar-refractivity contribution in [2.24, 2.45) is 7.05 Å². The fourth-order valence-electron chi connectivity index (χ4n) is 1.86. The Labute approximate surface area is 124 Å². The molecule has 2 aromatic rings. The van der Waals surface area contributed by atoms with E-state index in [-0.39, 0.29) is 5.75 Å². The minimum atomic E-state index is -4.71. The van der Waals surface area contributed by atoms with Gasteiger partial charge in [0.1, 0.15) is 5.75 Å². The molecular formula is C13H13ClF3N3O. The van der Waals surface area contributed by atoms with Crippen LogP contribution in [0, 0.1) is 6.92 Å². The van der Waals surface area contributed by atoms with Crippen LogP contribution in [0.2, 0.25) is 5.02 Å². The van der Waals surface area contributed by atoms with Gasteiger partial charge < -0.3 is 10.1 Å². The molecule has 0 saturated carbocycles. The number of aryl methyl sites for hydroxylation is 2. The monoisotopic (exact) mass is 319 g/mol. The van der Waals surface area contributed by atoms with Crippen LogP contribution < -0.4 is 10.1 Å². The fraction of sp³-hybridized carbons (Fsp3) is 0.308. The van der Waals surface area contributed by atoms with Crippen LogP contribution in [0.1, 0.15) is 11.4 Å². The molecule has 114 valence electrons. The van der Waals surface area contributed by atoms with Crippen molar-refractivity contribution in [2.45, 2.75) is 19.8 Å². The second-order valence-electron chi connectivity index (χ2n) is 4.40. The van der Waals surface area contributed by atoms with E-state index in [1.807, 2.05) is 0 Å². The summed E-state index contributed by atoms with van der Waals surface area (Å²) < 4.78 is 42.0. The summed E-state index contributed by atoms with van der Waals surface area (Å²) in [5, 5.41) is 7.68. The second-order valence-corrected chi connectivity index (χ2v) is 4.78. The summed E-state index contributed by atoms with van der Waals surface area (Å²) >= 11 is 6.10. The quantitative estimate of drug-likeness (QED) is 0.929. The number of nitrogens with one attached hydrogen (secondary N) is 1. The molecule has 0 spiro atoms. The zero-order valence-corrected chi connectivity index (χ0v) is 12.1. The molecule has 0 bridgehead atoms. The Morgan fingerprint density at radius 2 is 2.10 bits per heavy atom. The first-order chi connectivity index (χ1) is 9.76. The zero-order valence-electron chi connectivity index (χ0n) is 11.3. The molecule has 0 unspecified atom stereocenters. The summed E-state index contributed by atoms with van der Waals surface area (Å²) in [4.78, 5) is 0. The molecule has 21 heavy (non-hydrogen) atoms. The van der Waals surface area contributed by atoms with Crippen LogP contribution >= 0.6 is 11.6 Å². The number of benzene rings is 1. The van der Waals surface area contributed by atoms with Gasteiger partial charge in [-0.05, 0) is 19.1 Å². The van der Waals surface area contributed by atoms with Crippen molar-refractivity contribution in [3.8, 4) is 5.75 Å². The van der Waals surface area contributed by atoms with E-state index >= 15 is 0 Å². The summed E-state index contributed by atoms with van der Waals surface area (Å²) in [5.74, 6) is -0.278. The van der Waals surface area contributed by atoms with Crippen molar-refractivity contribution in [3.63, 3.8) is 0 Å². The van der Waals surface area contributed by atoms with Gasteiger partial charge in [0, 0.05) is 18.8 Å². The molecule has 0 atom stereocenters. The van der Waals surface area contributed by atoms with E-state index in [0.29, 0.717) is 22.9 Å². The molecular weight excluding hydrogens is 307 g/mol. The van der Waals surface area contributed by atoms with Gasteiger partial charge >= 0.3 is 6.36 Å². The first-order valence-corrected chi connectivity index (χ1v) is 6.42. The molecule has 0 aliphatic rings. The number of nitrogens with zero attached hydrogens (tertiary/aromatic N) is 2. The predicted molar refractivity (Wildman–Crippen MR) is 73.4 cm³/mol. The van der Waals surface area contributed by atoms with Gasteiger partial charge in [-0.15, -0.1) is 13.2 Å². The standard InChI is InChI=1S/C13H13ClF3N3O/c1-8-12(14)11(20(2)19-8)7-18-9-4-3-5-10(6-9)21-13(15,16)17/h3-6,18H,7H2,1-2H3. The van der Waals surface area contributed by atoms with Crippen molar-refractivity contribution >= 4 is 17.3 Å². The lowest BCUT2D eigenvalue weighted by Gasteiger charge is -2.11. The van der Waals surface area contributed by atoms with Crippen molar-refractivity contribution < 1.29 is 17.9 Å². The van der Waals surface area contributed by atoms with Gasteiger partial charge in [-0.25, -0.2) is 0 Å². The molecule has 1 aromatic carbocycles. The van der Waals surface area contributed by atoms with E-state index in [1.54, 1.807) is 24.7 Å². The Balaban J connectivity index is 2.08. The van der Waals surface area contributed by atoms with Crippen molar-refractivity contribution in [3.05, 3.63) is 40.7 Å². The Kier molecular flexibility index (Phi) is 4.32. The van der Waals surface area contributed by atoms with E-state index in [2.05, 4.69) is 15.2 Å². The Hall–Kier alpha value is -1.89. The lowest BCUT2D eigenvalue weighted by atomic mass is 10.3. The summed E-state index contributed by atoms with van der Waals surface area (Å²) in [6.07, 6.45) is -4.71. The van der Waals surface area contributed by atoms with E-state index in [9.17, 15) is 13.2 Å². The number of halogens is 4. The highest BCUT2D eigenvalue weighted by molar-refractivity contribution is 6.31. The van der Waals surface area contributed by atoms with Crippen LogP contribution in [0.25, 0.3) is 0 Å². The third-order valence-corrected chi connectivity index (χ3v) is 3.28. The van der Waals surface area contributed by atoms with E-state index in [0.717, 1.165) is 5.69 Å². The van der Waals surface area contributed by atoms with E-state index in [1.165, 1.54) is 18.2 Å². The highest BCUT2D eigenvalue weighted by Gasteiger charge is 2.31. The summed E-state index contributed by atoms with van der Waals surface area (Å²) in [6.45, 7) is 2.12. The van der Waals surface area contributed by atoms with Gasteiger partial charge in [0.25, 0.3) is 0 Å². The third-order valence-electron chi connectivity index (χ3n) is 2.79. The van der Waals surface area contributed by atoms with Crippen LogP contribution in [-0.4, -0.2) is 16.1 Å². The maximum absolute atomic E-state index is 12.2. The van der Waals surface area contributed by atoms with Gasteiger partial charge in [0.2, 0.25) is 0 Å². The number of alkyl halides is 3. The number of ether oxygens (including phenoxy) is 1. The molecule has 1 heterocycles. The molecule has 0 aliphatic carbocycles. The molecule has 1 aromatic heterocycles. The molecule has 0 aliphatic heterocycles. The van der Waals surface area contributed by atoms with Crippen LogP contribution in [0.15, 0.2) is 24.3 Å². The largest absolute Gasteiger partial charge is 0.573 e. The molecule has 4 nitrogen and oxygen atoms in total. The van der Waals surface area contributed by atoms with Crippen LogP contribution in [-0.2, 0) is 13.6 Å². The number of hydrogen-bond donors (Lipinski definition) is 1. The molecule has 0 fully saturated rings. The molecule has 8 heteroatoms. The highest BCUT2D eigenvalue weighted by atomic mass is 35.5. The minimum absolute atomic E-state index is 0.278. The molecule has 0 saturated heterocycles. The highest BCUT2D eigenvalue weighted by Crippen LogP contribution is 2.26. The first-order valence-electron chi connectivity index (χ1n) is 6.04. The average molecular weight is 320 g/mol. The summed E-state index contributed by atoms with van der Waals surface area (Å²) in [5.41, 5.74) is 1.94. The van der Waals surface area contributed by atoms with Crippen LogP contribution in [0.3, 0.4) is 0 Å². The topological polar surface area (TPSA) is 39.1 Å². The first kappa shape index (κ1) is 15.5. The normalized spacial score (nSPS) is 11.5. The third kappa shape index (κ3) is 4.04. The van der Waals surface area contributed by atoms with Gasteiger partial charge in [-0.1, -0.05) is 17.7 Å².